The minimum absolute atomic E-state index is 0.328. The lowest BCUT2D eigenvalue weighted by Crippen LogP contribution is -2.19. The highest BCUT2D eigenvalue weighted by Gasteiger charge is 2.17. The Labute approximate surface area is 94.9 Å². The molecule has 16 heavy (non-hydrogen) atoms. The maximum atomic E-state index is 10.9. The first-order valence-corrected chi connectivity index (χ1v) is 5.43. The monoisotopic (exact) mass is 220 g/mol. The number of hydrogen-bond acceptors (Lipinski definition) is 3. The van der Waals surface area contributed by atoms with Crippen LogP contribution in [-0.4, -0.2) is 30.7 Å². The van der Waals surface area contributed by atoms with Crippen molar-refractivity contribution in [1.29, 1.82) is 0 Å². The molecule has 1 heterocycles. The van der Waals surface area contributed by atoms with Gasteiger partial charge in [-0.05, 0) is 31.5 Å². The van der Waals surface area contributed by atoms with Crippen molar-refractivity contribution >= 4 is 17.3 Å². The van der Waals surface area contributed by atoms with Gasteiger partial charge in [0.2, 0.25) is 0 Å². The maximum Gasteiger partial charge on any atom is 0.335 e. The SMILES string of the molecule is CC1CCN(C)c2ccc(C(=O)O)cc2N1. The Hall–Kier alpha value is -1.71. The van der Waals surface area contributed by atoms with Crippen molar-refractivity contribution in [3.05, 3.63) is 23.8 Å². The van der Waals surface area contributed by atoms with Crippen LogP contribution in [0.5, 0.6) is 0 Å². The summed E-state index contributed by atoms with van der Waals surface area (Å²) in [5, 5.41) is 12.3. The zero-order valence-corrected chi connectivity index (χ0v) is 9.53. The highest BCUT2D eigenvalue weighted by Crippen LogP contribution is 2.30. The first-order chi connectivity index (χ1) is 7.58. The van der Waals surface area contributed by atoms with Crippen molar-refractivity contribution in [2.75, 3.05) is 23.8 Å². The minimum atomic E-state index is -0.885. The molecule has 1 atom stereocenters. The summed E-state index contributed by atoms with van der Waals surface area (Å²) >= 11 is 0. The number of carboxylic acids is 1. The Morgan fingerprint density at radius 2 is 2.31 bits per heavy atom. The van der Waals surface area contributed by atoms with Crippen LogP contribution in [0, 0.1) is 0 Å². The molecule has 0 aliphatic carbocycles. The number of nitrogens with zero attached hydrogens (tertiary/aromatic N) is 1. The summed E-state index contributed by atoms with van der Waals surface area (Å²) in [5.41, 5.74) is 2.30. The van der Waals surface area contributed by atoms with Gasteiger partial charge in [0, 0.05) is 19.6 Å². The smallest absolute Gasteiger partial charge is 0.335 e. The van der Waals surface area contributed by atoms with E-state index in [-0.39, 0.29) is 0 Å². The van der Waals surface area contributed by atoms with Gasteiger partial charge >= 0.3 is 5.97 Å². The highest BCUT2D eigenvalue weighted by molar-refractivity contribution is 5.91. The van der Waals surface area contributed by atoms with Gasteiger partial charge in [0.15, 0.2) is 0 Å². The molecule has 0 saturated heterocycles. The summed E-state index contributed by atoms with van der Waals surface area (Å²) in [6.07, 6.45) is 1.05. The van der Waals surface area contributed by atoms with Crippen LogP contribution in [0.4, 0.5) is 11.4 Å². The summed E-state index contributed by atoms with van der Waals surface area (Å²) in [7, 11) is 2.03. The van der Waals surface area contributed by atoms with Gasteiger partial charge in [-0.15, -0.1) is 0 Å². The van der Waals surface area contributed by atoms with Gasteiger partial charge in [-0.25, -0.2) is 4.79 Å². The van der Waals surface area contributed by atoms with Gasteiger partial charge in [0.05, 0.1) is 16.9 Å². The van der Waals surface area contributed by atoms with Crippen molar-refractivity contribution in [1.82, 2.24) is 0 Å². The van der Waals surface area contributed by atoms with Crippen LogP contribution in [-0.2, 0) is 0 Å². The zero-order valence-electron chi connectivity index (χ0n) is 9.53. The summed E-state index contributed by atoms with van der Waals surface area (Å²) < 4.78 is 0. The fraction of sp³-hybridized carbons (Fsp3) is 0.417. The topological polar surface area (TPSA) is 52.6 Å². The molecule has 0 radical (unpaired) electrons. The molecule has 1 aliphatic heterocycles. The van der Waals surface area contributed by atoms with Crippen molar-refractivity contribution in [2.24, 2.45) is 0 Å². The third-order valence-corrected chi connectivity index (χ3v) is 2.95. The number of fused-ring (bicyclic) bond motifs is 1. The van der Waals surface area contributed by atoms with Crippen LogP contribution >= 0.6 is 0 Å². The number of nitrogens with one attached hydrogen (secondary N) is 1. The summed E-state index contributed by atoms with van der Waals surface area (Å²) in [6, 6.07) is 5.59. The molecule has 2 N–H and O–H groups in total. The van der Waals surface area contributed by atoms with E-state index in [1.807, 2.05) is 13.1 Å². The number of rotatable bonds is 1. The van der Waals surface area contributed by atoms with Crippen molar-refractivity contribution in [2.45, 2.75) is 19.4 Å². The standard InChI is InChI=1S/C12H16N2O2/c1-8-5-6-14(2)11-4-3-9(12(15)16)7-10(11)13-8/h3-4,7-8,13H,5-6H2,1-2H3,(H,15,16). The van der Waals surface area contributed by atoms with Crippen LogP contribution in [0.25, 0.3) is 0 Å². The lowest BCUT2D eigenvalue weighted by Gasteiger charge is -2.18. The van der Waals surface area contributed by atoms with E-state index in [4.69, 9.17) is 5.11 Å². The second kappa shape index (κ2) is 4.04. The van der Waals surface area contributed by atoms with E-state index in [0.29, 0.717) is 11.6 Å². The first-order valence-electron chi connectivity index (χ1n) is 5.43. The molecule has 0 amide bonds. The molecule has 4 nitrogen and oxygen atoms in total. The van der Waals surface area contributed by atoms with Gasteiger partial charge in [0.25, 0.3) is 0 Å². The average molecular weight is 220 g/mol. The highest BCUT2D eigenvalue weighted by atomic mass is 16.4. The molecule has 1 aromatic carbocycles. The molecule has 1 aromatic rings. The molecule has 0 spiro atoms. The van der Waals surface area contributed by atoms with Gasteiger partial charge in [-0.3, -0.25) is 0 Å². The summed E-state index contributed by atoms with van der Waals surface area (Å²) in [4.78, 5) is 13.0. The molecule has 4 heteroatoms. The van der Waals surface area contributed by atoms with E-state index < -0.39 is 5.97 Å². The van der Waals surface area contributed by atoms with E-state index in [1.54, 1.807) is 12.1 Å². The molecule has 0 bridgehead atoms. The van der Waals surface area contributed by atoms with Crippen LogP contribution in [0.3, 0.4) is 0 Å². The number of aromatic carboxylic acids is 1. The third-order valence-electron chi connectivity index (χ3n) is 2.95. The quantitative estimate of drug-likeness (QED) is 0.760. The van der Waals surface area contributed by atoms with Crippen molar-refractivity contribution < 1.29 is 9.90 Å². The fourth-order valence-corrected chi connectivity index (χ4v) is 1.96. The Kier molecular flexibility index (Phi) is 2.73. The van der Waals surface area contributed by atoms with E-state index in [9.17, 15) is 4.79 Å². The van der Waals surface area contributed by atoms with Crippen molar-refractivity contribution in [3.63, 3.8) is 0 Å². The zero-order chi connectivity index (χ0) is 11.7. The summed E-state index contributed by atoms with van der Waals surface area (Å²) in [6.45, 7) is 3.09. The molecule has 2 rings (SSSR count). The molecule has 1 unspecified atom stereocenters. The van der Waals surface area contributed by atoms with Gasteiger partial charge < -0.3 is 15.3 Å². The van der Waals surface area contributed by atoms with Gasteiger partial charge in [0.1, 0.15) is 0 Å². The van der Waals surface area contributed by atoms with Crippen LogP contribution in [0.2, 0.25) is 0 Å². The molecule has 1 aliphatic rings. The normalized spacial score (nSPS) is 19.6. The lowest BCUT2D eigenvalue weighted by molar-refractivity contribution is 0.0697. The second-order valence-electron chi connectivity index (χ2n) is 4.29. The molecule has 0 fully saturated rings. The van der Waals surface area contributed by atoms with E-state index >= 15 is 0 Å². The van der Waals surface area contributed by atoms with E-state index in [1.165, 1.54) is 0 Å². The second-order valence-corrected chi connectivity index (χ2v) is 4.29. The Balaban J connectivity index is 2.43. The van der Waals surface area contributed by atoms with Gasteiger partial charge in [-0.2, -0.15) is 0 Å². The number of hydrogen-bond donors (Lipinski definition) is 2. The molecule has 0 aromatic heterocycles. The van der Waals surface area contributed by atoms with Crippen LogP contribution < -0.4 is 10.2 Å². The predicted molar refractivity (Wildman–Crippen MR) is 64.4 cm³/mol. The Morgan fingerprint density at radius 1 is 1.56 bits per heavy atom. The third kappa shape index (κ3) is 1.96. The van der Waals surface area contributed by atoms with E-state index in [2.05, 4.69) is 17.1 Å². The van der Waals surface area contributed by atoms with Crippen LogP contribution in [0.15, 0.2) is 18.2 Å². The van der Waals surface area contributed by atoms with Crippen molar-refractivity contribution in [3.8, 4) is 0 Å². The Morgan fingerprint density at radius 3 is 3.00 bits per heavy atom. The number of benzene rings is 1. The predicted octanol–water partition coefficient (Wildman–Crippen LogP) is 2.03. The summed E-state index contributed by atoms with van der Waals surface area (Å²) in [5.74, 6) is -0.885. The van der Waals surface area contributed by atoms with E-state index in [0.717, 1.165) is 24.3 Å². The van der Waals surface area contributed by atoms with Crippen LogP contribution in [0.1, 0.15) is 23.7 Å². The molecule has 0 saturated carbocycles. The number of carboxylic acid groups (broad SMARTS) is 1. The lowest BCUT2D eigenvalue weighted by atomic mass is 10.1. The number of carbonyl (C=O) groups is 1. The fourth-order valence-electron chi connectivity index (χ4n) is 1.96. The molecular formula is C12H16N2O2. The first kappa shape index (κ1) is 10.8. The maximum absolute atomic E-state index is 10.9. The average Bonchev–Trinajstić information content (AvgIpc) is 2.38. The largest absolute Gasteiger partial charge is 0.478 e. The molecular weight excluding hydrogens is 204 g/mol. The molecule has 86 valence electrons. The minimum Gasteiger partial charge on any atom is -0.478 e. The van der Waals surface area contributed by atoms with Gasteiger partial charge in [-0.1, -0.05) is 0 Å². The Bertz CT molecular complexity index is 417. The number of anilines is 2.